The Morgan fingerprint density at radius 3 is 2.58 bits per heavy atom. The monoisotopic (exact) mass is 263 g/mol. The van der Waals surface area contributed by atoms with Gasteiger partial charge in [0.2, 0.25) is 0 Å². The van der Waals surface area contributed by atoms with Crippen molar-refractivity contribution in [1.82, 2.24) is 4.90 Å². The Kier molecular flexibility index (Phi) is 7.19. The maximum absolute atomic E-state index is 11.5. The number of nitrogens with zero attached hydrogens (tertiary/aromatic N) is 1. The predicted octanol–water partition coefficient (Wildman–Crippen LogP) is 3.39. The largest absolute Gasteiger partial charge is 0.491 e. The van der Waals surface area contributed by atoms with Crippen LogP contribution in [0.3, 0.4) is 0 Å². The van der Waals surface area contributed by atoms with Crippen LogP contribution >= 0.6 is 0 Å². The number of Topliss-reactive ketones (excluding diaryl/α,β-unsaturated/α-hetero) is 1. The van der Waals surface area contributed by atoms with Gasteiger partial charge in [0.1, 0.15) is 12.4 Å². The molecule has 0 aliphatic heterocycles. The molecule has 1 aromatic rings. The Morgan fingerprint density at radius 2 is 1.95 bits per heavy atom. The van der Waals surface area contributed by atoms with E-state index >= 15 is 0 Å². The molecule has 0 aliphatic rings. The lowest BCUT2D eigenvalue weighted by atomic mass is 10.1. The minimum Gasteiger partial charge on any atom is -0.491 e. The Bertz CT molecular complexity index is 390. The number of unbranched alkanes of at least 4 members (excludes halogenated alkanes) is 1. The summed E-state index contributed by atoms with van der Waals surface area (Å²) in [5, 5.41) is 0. The van der Waals surface area contributed by atoms with Crippen LogP contribution in [-0.2, 0) is 0 Å². The number of likely N-dealkylation sites (N-methyl/N-ethyl adjacent to an activating group) is 1. The van der Waals surface area contributed by atoms with Crippen LogP contribution < -0.4 is 4.74 Å². The molecule has 0 spiro atoms. The number of hydrogen-bond acceptors (Lipinski definition) is 3. The van der Waals surface area contributed by atoms with Crippen LogP contribution in [0.25, 0.3) is 0 Å². The van der Waals surface area contributed by atoms with E-state index in [9.17, 15) is 4.79 Å². The quantitative estimate of drug-likeness (QED) is 0.640. The van der Waals surface area contributed by atoms with E-state index in [0.717, 1.165) is 19.6 Å². The van der Waals surface area contributed by atoms with Crippen molar-refractivity contribution in [3.8, 4) is 5.75 Å². The average molecular weight is 263 g/mol. The lowest BCUT2D eigenvalue weighted by Crippen LogP contribution is -2.29. The van der Waals surface area contributed by atoms with Crippen molar-refractivity contribution >= 4 is 5.78 Å². The van der Waals surface area contributed by atoms with Crippen molar-refractivity contribution in [3.63, 3.8) is 0 Å². The van der Waals surface area contributed by atoms with Gasteiger partial charge in [-0.1, -0.05) is 32.4 Å². The highest BCUT2D eigenvalue weighted by atomic mass is 16.5. The summed E-state index contributed by atoms with van der Waals surface area (Å²) < 4.78 is 5.75. The summed E-state index contributed by atoms with van der Waals surface area (Å²) in [4.78, 5) is 13.8. The number of benzene rings is 1. The summed E-state index contributed by atoms with van der Waals surface area (Å²) in [6, 6.07) is 7.44. The highest BCUT2D eigenvalue weighted by Gasteiger charge is 2.08. The summed E-state index contributed by atoms with van der Waals surface area (Å²) in [6.45, 7) is 9.63. The normalized spacial score (nSPS) is 10.7. The molecule has 0 aliphatic carbocycles. The summed E-state index contributed by atoms with van der Waals surface area (Å²) >= 11 is 0. The molecule has 19 heavy (non-hydrogen) atoms. The van der Waals surface area contributed by atoms with Crippen molar-refractivity contribution in [1.29, 1.82) is 0 Å². The molecular weight excluding hydrogens is 238 g/mol. The van der Waals surface area contributed by atoms with Gasteiger partial charge in [-0.15, -0.1) is 0 Å². The minimum absolute atomic E-state index is 0.0499. The molecular formula is C16H25NO2. The van der Waals surface area contributed by atoms with E-state index < -0.39 is 0 Å². The second-order valence-electron chi connectivity index (χ2n) is 4.69. The highest BCUT2D eigenvalue weighted by molar-refractivity contribution is 5.96. The molecule has 0 aromatic heterocycles. The predicted molar refractivity (Wildman–Crippen MR) is 79.0 cm³/mol. The van der Waals surface area contributed by atoms with Crippen LogP contribution in [0.2, 0.25) is 0 Å². The first-order chi connectivity index (χ1) is 9.19. The lowest BCUT2D eigenvalue weighted by Gasteiger charge is -2.20. The van der Waals surface area contributed by atoms with E-state index in [1.165, 1.54) is 12.8 Å². The van der Waals surface area contributed by atoms with Crippen LogP contribution in [0, 0.1) is 0 Å². The van der Waals surface area contributed by atoms with Gasteiger partial charge < -0.3 is 9.64 Å². The van der Waals surface area contributed by atoms with Gasteiger partial charge in [-0.2, -0.15) is 0 Å². The zero-order valence-electron chi connectivity index (χ0n) is 12.3. The first kappa shape index (κ1) is 15.7. The number of rotatable bonds is 9. The van der Waals surface area contributed by atoms with Gasteiger partial charge in [0.05, 0.1) is 5.56 Å². The molecule has 0 saturated carbocycles. The van der Waals surface area contributed by atoms with E-state index in [1.807, 2.05) is 24.3 Å². The lowest BCUT2D eigenvalue weighted by molar-refractivity contribution is 0.101. The molecule has 0 heterocycles. The van der Waals surface area contributed by atoms with Gasteiger partial charge in [0.25, 0.3) is 0 Å². The Labute approximate surface area is 116 Å². The van der Waals surface area contributed by atoms with Gasteiger partial charge in [-0.3, -0.25) is 4.79 Å². The first-order valence-electron chi connectivity index (χ1n) is 7.14. The Morgan fingerprint density at radius 1 is 1.21 bits per heavy atom. The summed E-state index contributed by atoms with van der Waals surface area (Å²) in [5.74, 6) is 0.746. The Hall–Kier alpha value is -1.35. The van der Waals surface area contributed by atoms with Crippen LogP contribution in [0.15, 0.2) is 24.3 Å². The molecule has 1 aromatic carbocycles. The highest BCUT2D eigenvalue weighted by Crippen LogP contribution is 2.18. The fraction of sp³-hybridized carbons (Fsp3) is 0.562. The van der Waals surface area contributed by atoms with Crippen LogP contribution in [-0.4, -0.2) is 36.9 Å². The fourth-order valence-corrected chi connectivity index (χ4v) is 1.98. The average Bonchev–Trinajstić information content (AvgIpc) is 2.43. The van der Waals surface area contributed by atoms with E-state index in [1.54, 1.807) is 6.92 Å². The van der Waals surface area contributed by atoms with E-state index in [-0.39, 0.29) is 5.78 Å². The molecule has 3 heteroatoms. The second kappa shape index (κ2) is 8.70. The summed E-state index contributed by atoms with van der Waals surface area (Å²) in [7, 11) is 0. The number of para-hydroxylation sites is 1. The molecule has 1 rings (SSSR count). The van der Waals surface area contributed by atoms with Gasteiger partial charge in [0.15, 0.2) is 5.78 Å². The van der Waals surface area contributed by atoms with E-state index in [2.05, 4.69) is 18.7 Å². The van der Waals surface area contributed by atoms with E-state index in [0.29, 0.717) is 17.9 Å². The van der Waals surface area contributed by atoms with Gasteiger partial charge in [0, 0.05) is 6.54 Å². The van der Waals surface area contributed by atoms with Crippen molar-refractivity contribution in [2.45, 2.75) is 33.6 Å². The van der Waals surface area contributed by atoms with Crippen molar-refractivity contribution in [2.24, 2.45) is 0 Å². The molecule has 0 atom stereocenters. The molecule has 0 saturated heterocycles. The topological polar surface area (TPSA) is 29.5 Å². The Balaban J connectivity index is 2.46. The molecule has 0 fully saturated rings. The molecule has 0 bridgehead atoms. The molecule has 0 amide bonds. The number of carbonyl (C=O) groups excluding carboxylic acids is 1. The van der Waals surface area contributed by atoms with Crippen molar-refractivity contribution < 1.29 is 9.53 Å². The molecule has 106 valence electrons. The molecule has 3 nitrogen and oxygen atoms in total. The van der Waals surface area contributed by atoms with Gasteiger partial charge in [-0.25, -0.2) is 0 Å². The zero-order chi connectivity index (χ0) is 14.1. The number of ketones is 1. The van der Waals surface area contributed by atoms with Crippen LogP contribution in [0.5, 0.6) is 5.75 Å². The van der Waals surface area contributed by atoms with Crippen molar-refractivity contribution in [3.05, 3.63) is 29.8 Å². The maximum Gasteiger partial charge on any atom is 0.163 e. The number of hydrogen-bond donors (Lipinski definition) is 0. The van der Waals surface area contributed by atoms with Gasteiger partial charge >= 0.3 is 0 Å². The third kappa shape index (κ3) is 5.43. The summed E-state index contributed by atoms with van der Waals surface area (Å²) in [6.07, 6.45) is 2.43. The standard InChI is InChI=1S/C16H25NO2/c1-4-6-11-17(5-2)12-13-19-16-10-8-7-9-15(16)14(3)18/h7-10H,4-6,11-13H2,1-3H3. The van der Waals surface area contributed by atoms with E-state index in [4.69, 9.17) is 4.74 Å². The smallest absolute Gasteiger partial charge is 0.163 e. The zero-order valence-corrected chi connectivity index (χ0v) is 12.3. The SMILES string of the molecule is CCCCN(CC)CCOc1ccccc1C(C)=O. The summed E-state index contributed by atoms with van der Waals surface area (Å²) in [5.41, 5.74) is 0.666. The van der Waals surface area contributed by atoms with Crippen molar-refractivity contribution in [2.75, 3.05) is 26.2 Å². The fourth-order valence-electron chi connectivity index (χ4n) is 1.98. The third-order valence-corrected chi connectivity index (χ3v) is 3.21. The third-order valence-electron chi connectivity index (χ3n) is 3.21. The molecule has 0 N–H and O–H groups in total. The first-order valence-corrected chi connectivity index (χ1v) is 7.14. The number of carbonyl (C=O) groups is 1. The molecule has 0 unspecified atom stereocenters. The molecule has 0 radical (unpaired) electrons. The minimum atomic E-state index is 0.0499. The second-order valence-corrected chi connectivity index (χ2v) is 4.69. The van der Waals surface area contributed by atoms with Gasteiger partial charge in [-0.05, 0) is 38.6 Å². The number of ether oxygens (including phenoxy) is 1. The maximum atomic E-state index is 11.5. The van der Waals surface area contributed by atoms with Crippen LogP contribution in [0.1, 0.15) is 44.0 Å². The van der Waals surface area contributed by atoms with Crippen LogP contribution in [0.4, 0.5) is 0 Å².